The summed E-state index contributed by atoms with van der Waals surface area (Å²) in [6.07, 6.45) is 3.18. The van der Waals surface area contributed by atoms with Crippen molar-refractivity contribution in [2.24, 2.45) is 4.99 Å². The monoisotopic (exact) mass is 506 g/mol. The summed E-state index contributed by atoms with van der Waals surface area (Å²) in [5.74, 6) is 0.886. The summed E-state index contributed by atoms with van der Waals surface area (Å²) in [7, 11) is 1.71. The van der Waals surface area contributed by atoms with Gasteiger partial charge < -0.3 is 15.4 Å². The lowest BCUT2D eigenvalue weighted by Gasteiger charge is -2.14. The van der Waals surface area contributed by atoms with E-state index in [0.717, 1.165) is 5.56 Å². The van der Waals surface area contributed by atoms with E-state index in [2.05, 4.69) is 39.7 Å². The molecule has 152 valence electrons. The Morgan fingerprint density at radius 3 is 2.55 bits per heavy atom. The van der Waals surface area contributed by atoms with Gasteiger partial charge >= 0.3 is 0 Å². The topological polar surface area (TPSA) is 58.5 Å². The van der Waals surface area contributed by atoms with E-state index in [4.69, 9.17) is 4.74 Å². The van der Waals surface area contributed by atoms with Gasteiger partial charge in [-0.25, -0.2) is 4.39 Å². The van der Waals surface area contributed by atoms with E-state index in [1.54, 1.807) is 37.6 Å². The third-order valence-corrected chi connectivity index (χ3v) is 4.25. The van der Waals surface area contributed by atoms with Crippen LogP contribution in [0.15, 0.2) is 72.0 Å². The third-order valence-electron chi connectivity index (χ3n) is 4.25. The zero-order valence-corrected chi connectivity index (χ0v) is 18.7. The molecule has 1 heterocycles. The lowest BCUT2D eigenvalue weighted by molar-refractivity contribution is 0.440. The number of benzene rings is 2. The Hall–Kier alpha value is -2.68. The fraction of sp³-hybridized carbons (Fsp3) is 0.182. The maximum Gasteiger partial charge on any atom is 0.191 e. The number of hydrogen-bond acceptors (Lipinski definition) is 3. The van der Waals surface area contributed by atoms with Crippen LogP contribution in [0.25, 0.3) is 0 Å². The van der Waals surface area contributed by atoms with Crippen molar-refractivity contribution in [2.75, 3.05) is 7.05 Å². The summed E-state index contributed by atoms with van der Waals surface area (Å²) in [5, 5.41) is 6.46. The molecule has 1 aromatic heterocycles. The molecule has 0 bridgehead atoms. The van der Waals surface area contributed by atoms with Crippen molar-refractivity contribution in [2.45, 2.75) is 20.0 Å². The summed E-state index contributed by atoms with van der Waals surface area (Å²) in [5.41, 5.74) is 3.21. The van der Waals surface area contributed by atoms with Crippen LogP contribution in [0.4, 0.5) is 4.39 Å². The highest BCUT2D eigenvalue weighted by Gasteiger charge is 2.07. The van der Waals surface area contributed by atoms with Gasteiger partial charge in [0, 0.05) is 26.3 Å². The van der Waals surface area contributed by atoms with Gasteiger partial charge in [-0.05, 0) is 47.9 Å². The number of nitrogens with zero attached hydrogens (tertiary/aromatic N) is 2. The van der Waals surface area contributed by atoms with Crippen LogP contribution in [0.3, 0.4) is 0 Å². The molecular weight excluding hydrogens is 482 g/mol. The Labute approximate surface area is 187 Å². The van der Waals surface area contributed by atoms with Gasteiger partial charge in [0.15, 0.2) is 17.5 Å². The van der Waals surface area contributed by atoms with Gasteiger partial charge in [-0.1, -0.05) is 30.3 Å². The molecule has 0 aliphatic rings. The maximum absolute atomic E-state index is 14.3. The number of ether oxygens (including phenoxy) is 1. The van der Waals surface area contributed by atoms with Crippen LogP contribution < -0.4 is 15.4 Å². The second-order valence-electron chi connectivity index (χ2n) is 6.26. The molecule has 0 saturated carbocycles. The summed E-state index contributed by atoms with van der Waals surface area (Å²) < 4.78 is 19.9. The van der Waals surface area contributed by atoms with E-state index >= 15 is 0 Å². The molecule has 29 heavy (non-hydrogen) atoms. The average Bonchev–Trinajstić information content (AvgIpc) is 2.72. The molecule has 3 rings (SSSR count). The quantitative estimate of drug-likeness (QED) is 0.287. The highest BCUT2D eigenvalue weighted by atomic mass is 127. The predicted molar refractivity (Wildman–Crippen MR) is 124 cm³/mol. The predicted octanol–water partition coefficient (Wildman–Crippen LogP) is 4.80. The van der Waals surface area contributed by atoms with Gasteiger partial charge in [0.2, 0.25) is 0 Å². The molecule has 2 N–H and O–H groups in total. The smallest absolute Gasteiger partial charge is 0.191 e. The van der Waals surface area contributed by atoms with Crippen LogP contribution in [0.1, 0.15) is 16.7 Å². The molecule has 0 atom stereocenters. The zero-order chi connectivity index (χ0) is 19.8. The van der Waals surface area contributed by atoms with Crippen LogP contribution in [0.5, 0.6) is 11.5 Å². The average molecular weight is 506 g/mol. The van der Waals surface area contributed by atoms with Gasteiger partial charge in [0.05, 0.1) is 6.20 Å². The number of guanidine groups is 1. The van der Waals surface area contributed by atoms with Crippen molar-refractivity contribution in [3.8, 4) is 11.5 Å². The number of halogens is 2. The van der Waals surface area contributed by atoms with Crippen LogP contribution in [-0.2, 0) is 13.1 Å². The maximum atomic E-state index is 14.3. The van der Waals surface area contributed by atoms with E-state index in [0.29, 0.717) is 24.8 Å². The molecule has 3 aromatic rings. The molecule has 0 unspecified atom stereocenters. The van der Waals surface area contributed by atoms with E-state index < -0.39 is 5.82 Å². The van der Waals surface area contributed by atoms with Crippen LogP contribution in [0.2, 0.25) is 0 Å². The van der Waals surface area contributed by atoms with E-state index in [1.807, 2.05) is 18.2 Å². The first kappa shape index (κ1) is 22.6. The third kappa shape index (κ3) is 6.70. The summed E-state index contributed by atoms with van der Waals surface area (Å²) in [6, 6.07) is 16.5. The highest BCUT2D eigenvalue weighted by Crippen LogP contribution is 2.24. The van der Waals surface area contributed by atoms with E-state index in [1.165, 1.54) is 17.2 Å². The Bertz CT molecular complexity index is 951. The number of aromatic nitrogens is 1. The fourth-order valence-corrected chi connectivity index (χ4v) is 2.67. The number of pyridine rings is 1. The number of hydrogen-bond donors (Lipinski definition) is 2. The first-order valence-electron chi connectivity index (χ1n) is 9.01. The normalized spacial score (nSPS) is 10.8. The van der Waals surface area contributed by atoms with Crippen LogP contribution >= 0.6 is 24.0 Å². The molecule has 0 amide bonds. The lowest BCUT2D eigenvalue weighted by atomic mass is 10.1. The van der Waals surface area contributed by atoms with Crippen molar-refractivity contribution in [1.29, 1.82) is 0 Å². The van der Waals surface area contributed by atoms with Gasteiger partial charge in [-0.15, -0.1) is 24.0 Å². The Balaban J connectivity index is 0.00000300. The Morgan fingerprint density at radius 1 is 1.07 bits per heavy atom. The Kier molecular flexibility index (Phi) is 8.85. The van der Waals surface area contributed by atoms with E-state index in [9.17, 15) is 4.39 Å². The molecule has 0 radical (unpaired) electrons. The molecule has 0 spiro atoms. The van der Waals surface area contributed by atoms with Crippen molar-refractivity contribution >= 4 is 29.9 Å². The van der Waals surface area contributed by atoms with Crippen molar-refractivity contribution < 1.29 is 9.13 Å². The van der Waals surface area contributed by atoms with Crippen molar-refractivity contribution in [1.82, 2.24) is 15.6 Å². The number of aryl methyl sites for hydroxylation is 1. The van der Waals surface area contributed by atoms with Crippen molar-refractivity contribution in [3.63, 3.8) is 0 Å². The number of nitrogens with one attached hydrogen (secondary N) is 2. The largest absolute Gasteiger partial charge is 0.453 e. The lowest BCUT2D eigenvalue weighted by Crippen LogP contribution is -2.36. The Morgan fingerprint density at radius 2 is 1.86 bits per heavy atom. The second kappa shape index (κ2) is 11.4. The fourth-order valence-electron chi connectivity index (χ4n) is 2.67. The number of rotatable bonds is 6. The van der Waals surface area contributed by atoms with Gasteiger partial charge in [-0.2, -0.15) is 0 Å². The molecule has 5 nitrogen and oxygen atoms in total. The van der Waals surface area contributed by atoms with Gasteiger partial charge in [0.1, 0.15) is 5.75 Å². The first-order valence-corrected chi connectivity index (χ1v) is 9.01. The van der Waals surface area contributed by atoms with E-state index in [-0.39, 0.29) is 29.7 Å². The minimum absolute atomic E-state index is 0. The molecule has 0 fully saturated rings. The molecular formula is C22H24FIN4O. The molecule has 2 aromatic carbocycles. The summed E-state index contributed by atoms with van der Waals surface area (Å²) in [4.78, 5) is 8.17. The van der Waals surface area contributed by atoms with Gasteiger partial charge in [0.25, 0.3) is 0 Å². The second-order valence-corrected chi connectivity index (χ2v) is 6.26. The molecule has 0 aliphatic carbocycles. The number of aliphatic imine (C=N–C) groups is 1. The van der Waals surface area contributed by atoms with Gasteiger partial charge in [-0.3, -0.25) is 9.98 Å². The zero-order valence-electron chi connectivity index (χ0n) is 16.4. The summed E-state index contributed by atoms with van der Waals surface area (Å²) in [6.45, 7) is 3.18. The summed E-state index contributed by atoms with van der Waals surface area (Å²) >= 11 is 0. The minimum atomic E-state index is -0.425. The molecule has 7 heteroatoms. The SMILES string of the molecule is CN=C(NCc1ccc(Oc2cccnc2)c(F)c1)NCc1ccccc1C.I. The van der Waals surface area contributed by atoms with Crippen LogP contribution in [0, 0.1) is 12.7 Å². The molecule has 0 saturated heterocycles. The van der Waals surface area contributed by atoms with Crippen LogP contribution in [-0.4, -0.2) is 18.0 Å². The van der Waals surface area contributed by atoms with Crippen molar-refractivity contribution in [3.05, 3.63) is 89.5 Å². The first-order chi connectivity index (χ1) is 13.7. The standard InChI is InChI=1S/C22H23FN4O.HI/c1-16-6-3-4-7-18(16)14-27-22(24-2)26-13-17-9-10-21(20(23)12-17)28-19-8-5-11-25-15-19;/h3-12,15H,13-14H2,1-2H3,(H2,24,26,27);1H. The molecule has 0 aliphatic heterocycles. The highest BCUT2D eigenvalue weighted by molar-refractivity contribution is 14.0. The minimum Gasteiger partial charge on any atom is -0.453 e.